The van der Waals surface area contributed by atoms with Crippen molar-refractivity contribution in [3.05, 3.63) is 0 Å². The van der Waals surface area contributed by atoms with Crippen LogP contribution in [0, 0.1) is 0 Å². The molecule has 0 bridgehead atoms. The lowest BCUT2D eigenvalue weighted by atomic mass is 10.2. The lowest BCUT2D eigenvalue weighted by Gasteiger charge is -2.18. The number of aliphatic carboxylic acids is 1. The van der Waals surface area contributed by atoms with Crippen molar-refractivity contribution in [3.8, 4) is 0 Å². The van der Waals surface area contributed by atoms with Gasteiger partial charge in [-0.1, -0.05) is 0 Å². The van der Waals surface area contributed by atoms with Gasteiger partial charge in [0.25, 0.3) is 0 Å². The van der Waals surface area contributed by atoms with Crippen LogP contribution < -0.4 is 0 Å². The molecule has 0 amide bonds. The third-order valence-corrected chi connectivity index (χ3v) is 3.42. The Morgan fingerprint density at radius 3 is 2.69 bits per heavy atom. The van der Waals surface area contributed by atoms with E-state index >= 15 is 0 Å². The lowest BCUT2D eigenvalue weighted by molar-refractivity contribution is -0.140. The van der Waals surface area contributed by atoms with Crippen LogP contribution in [0.15, 0.2) is 0 Å². The van der Waals surface area contributed by atoms with Gasteiger partial charge in [0.2, 0.25) is 0 Å². The number of carboxylic acids is 1. The van der Waals surface area contributed by atoms with Crippen molar-refractivity contribution in [1.29, 1.82) is 0 Å². The number of carbonyl (C=O) groups is 1. The second-order valence-electron chi connectivity index (χ2n) is 2.73. The van der Waals surface area contributed by atoms with Crippen molar-refractivity contribution in [2.45, 2.75) is 18.9 Å². The molecule has 0 aliphatic carbocycles. The Labute approximate surface area is 76.4 Å². The van der Waals surface area contributed by atoms with Crippen LogP contribution in [0.5, 0.6) is 0 Å². The molecule has 0 radical (unpaired) electrons. The molecule has 1 fully saturated rings. The highest BCUT2D eigenvalue weighted by Gasteiger charge is 2.38. The number of hydrogen-bond donors (Lipinski definition) is 1. The quantitative estimate of drug-likeness (QED) is 0.672. The topological polar surface area (TPSA) is 83.9 Å². The zero-order valence-electron chi connectivity index (χ0n) is 7.13. The minimum absolute atomic E-state index is 0.215. The standard InChI is InChI=1S/C6H11NO5S/c1-12-13(10,11)7-4-2-3-5(7)6(8)9/h5H,2-4H2,1H3,(H,8,9). The van der Waals surface area contributed by atoms with Crippen molar-refractivity contribution >= 4 is 16.3 Å². The molecule has 1 aliphatic heterocycles. The van der Waals surface area contributed by atoms with Gasteiger partial charge in [-0.2, -0.15) is 12.7 Å². The van der Waals surface area contributed by atoms with E-state index in [0.717, 1.165) is 11.4 Å². The van der Waals surface area contributed by atoms with Crippen LogP contribution >= 0.6 is 0 Å². The molecule has 7 heteroatoms. The Morgan fingerprint density at radius 2 is 2.23 bits per heavy atom. The minimum atomic E-state index is -3.84. The molecule has 0 saturated carbocycles. The summed E-state index contributed by atoms with van der Waals surface area (Å²) in [5, 5.41) is 8.68. The fraction of sp³-hybridized carbons (Fsp3) is 0.833. The minimum Gasteiger partial charge on any atom is -0.480 e. The molecule has 1 N–H and O–H groups in total. The van der Waals surface area contributed by atoms with Gasteiger partial charge in [0, 0.05) is 6.54 Å². The van der Waals surface area contributed by atoms with E-state index in [4.69, 9.17) is 5.11 Å². The van der Waals surface area contributed by atoms with Gasteiger partial charge in [-0.25, -0.2) is 0 Å². The first-order chi connectivity index (χ1) is 5.99. The lowest BCUT2D eigenvalue weighted by Crippen LogP contribution is -2.40. The van der Waals surface area contributed by atoms with Crippen LogP contribution in [-0.2, 0) is 19.3 Å². The predicted molar refractivity (Wildman–Crippen MR) is 43.3 cm³/mol. The van der Waals surface area contributed by atoms with Gasteiger partial charge < -0.3 is 5.11 Å². The Bertz CT molecular complexity index is 298. The maximum absolute atomic E-state index is 11.2. The van der Waals surface area contributed by atoms with Gasteiger partial charge in [-0.15, -0.1) is 0 Å². The molecule has 1 atom stereocenters. The first kappa shape index (κ1) is 10.4. The third-order valence-electron chi connectivity index (χ3n) is 1.99. The van der Waals surface area contributed by atoms with Crippen LogP contribution in [0.2, 0.25) is 0 Å². The van der Waals surface area contributed by atoms with Gasteiger partial charge in [0.1, 0.15) is 6.04 Å². The van der Waals surface area contributed by atoms with Gasteiger partial charge in [0.15, 0.2) is 0 Å². The largest absolute Gasteiger partial charge is 0.480 e. The zero-order valence-corrected chi connectivity index (χ0v) is 7.95. The Hall–Kier alpha value is -0.660. The molecule has 1 saturated heterocycles. The van der Waals surface area contributed by atoms with Crippen LogP contribution in [0.1, 0.15) is 12.8 Å². The van der Waals surface area contributed by atoms with Gasteiger partial charge >= 0.3 is 16.3 Å². The zero-order chi connectivity index (χ0) is 10.1. The van der Waals surface area contributed by atoms with Crippen molar-refractivity contribution in [2.75, 3.05) is 13.7 Å². The van der Waals surface area contributed by atoms with Crippen LogP contribution in [0.25, 0.3) is 0 Å². The van der Waals surface area contributed by atoms with E-state index in [-0.39, 0.29) is 6.54 Å². The average molecular weight is 209 g/mol. The molecule has 6 nitrogen and oxygen atoms in total. The van der Waals surface area contributed by atoms with Gasteiger partial charge in [-0.3, -0.25) is 8.98 Å². The fourth-order valence-electron chi connectivity index (χ4n) is 1.35. The summed E-state index contributed by atoms with van der Waals surface area (Å²) in [5.74, 6) is -1.13. The molecular weight excluding hydrogens is 198 g/mol. The second-order valence-corrected chi connectivity index (χ2v) is 4.39. The van der Waals surface area contributed by atoms with Crippen LogP contribution in [0.3, 0.4) is 0 Å². The molecule has 0 aromatic heterocycles. The number of rotatable bonds is 3. The first-order valence-electron chi connectivity index (χ1n) is 3.79. The third kappa shape index (κ3) is 1.98. The molecule has 1 rings (SSSR count). The van der Waals surface area contributed by atoms with E-state index in [1.165, 1.54) is 0 Å². The maximum Gasteiger partial charge on any atom is 0.338 e. The summed E-state index contributed by atoms with van der Waals surface area (Å²) in [4.78, 5) is 10.6. The fourth-order valence-corrected chi connectivity index (χ4v) is 2.40. The molecule has 0 aromatic rings. The van der Waals surface area contributed by atoms with Crippen LogP contribution in [-0.4, -0.2) is 43.5 Å². The summed E-state index contributed by atoms with van der Waals surface area (Å²) in [6.07, 6.45) is 0.900. The summed E-state index contributed by atoms with van der Waals surface area (Å²) in [7, 11) is -2.82. The maximum atomic E-state index is 11.2. The van der Waals surface area contributed by atoms with E-state index in [2.05, 4.69) is 4.18 Å². The van der Waals surface area contributed by atoms with E-state index in [1.54, 1.807) is 0 Å². The van der Waals surface area contributed by atoms with E-state index < -0.39 is 22.3 Å². The van der Waals surface area contributed by atoms with Crippen LogP contribution in [0.4, 0.5) is 0 Å². The number of carboxylic acid groups (broad SMARTS) is 1. The van der Waals surface area contributed by atoms with Crippen molar-refractivity contribution in [3.63, 3.8) is 0 Å². The van der Waals surface area contributed by atoms with E-state index in [0.29, 0.717) is 12.8 Å². The monoisotopic (exact) mass is 209 g/mol. The number of nitrogens with zero attached hydrogens (tertiary/aromatic N) is 1. The second kappa shape index (κ2) is 3.60. The average Bonchev–Trinajstić information content (AvgIpc) is 2.52. The molecule has 0 aromatic carbocycles. The SMILES string of the molecule is COS(=O)(=O)N1CCCC1C(=O)O. The Morgan fingerprint density at radius 1 is 1.62 bits per heavy atom. The Kier molecular flexibility index (Phi) is 2.89. The van der Waals surface area contributed by atoms with E-state index in [9.17, 15) is 13.2 Å². The van der Waals surface area contributed by atoms with Crippen molar-refractivity contribution in [2.24, 2.45) is 0 Å². The van der Waals surface area contributed by atoms with Crippen molar-refractivity contribution < 1.29 is 22.5 Å². The summed E-state index contributed by atoms with van der Waals surface area (Å²) < 4.78 is 27.4. The Balaban J connectivity index is 2.86. The predicted octanol–water partition coefficient (Wildman–Crippen LogP) is -0.573. The van der Waals surface area contributed by atoms with Gasteiger partial charge in [-0.05, 0) is 12.8 Å². The molecule has 76 valence electrons. The molecule has 1 unspecified atom stereocenters. The normalized spacial score (nSPS) is 24.8. The van der Waals surface area contributed by atoms with E-state index in [1.807, 2.05) is 0 Å². The summed E-state index contributed by atoms with van der Waals surface area (Å²) in [6, 6.07) is -0.968. The highest BCUT2D eigenvalue weighted by Crippen LogP contribution is 2.21. The highest BCUT2D eigenvalue weighted by molar-refractivity contribution is 7.84. The summed E-state index contributed by atoms with van der Waals surface area (Å²) >= 11 is 0. The number of hydrogen-bond acceptors (Lipinski definition) is 4. The molecule has 13 heavy (non-hydrogen) atoms. The summed E-state index contributed by atoms with van der Waals surface area (Å²) in [6.45, 7) is 0.215. The molecule has 0 spiro atoms. The van der Waals surface area contributed by atoms with Gasteiger partial charge in [0.05, 0.1) is 7.11 Å². The first-order valence-corrected chi connectivity index (χ1v) is 5.16. The molecular formula is C6H11NO5S. The summed E-state index contributed by atoms with van der Waals surface area (Å²) in [5.41, 5.74) is 0. The smallest absolute Gasteiger partial charge is 0.338 e. The van der Waals surface area contributed by atoms with Crippen molar-refractivity contribution in [1.82, 2.24) is 4.31 Å². The molecule has 1 aliphatic rings. The molecule has 1 heterocycles. The highest BCUT2D eigenvalue weighted by atomic mass is 32.2.